The number of hydrogen-bond donors (Lipinski definition) is 3. The van der Waals surface area contributed by atoms with E-state index in [2.05, 4.69) is 20.1 Å². The number of thiazole rings is 1. The zero-order valence-corrected chi connectivity index (χ0v) is 39.3. The van der Waals surface area contributed by atoms with Gasteiger partial charge >= 0.3 is 5.97 Å². The zero-order valence-electron chi connectivity index (χ0n) is 38.5. The summed E-state index contributed by atoms with van der Waals surface area (Å²) in [5.74, 6) is -5.96. The Kier molecular flexibility index (Phi) is 16.4. The Labute approximate surface area is 374 Å². The number of ether oxygens (including phenoxy) is 4. The summed E-state index contributed by atoms with van der Waals surface area (Å²) < 4.78 is 42.6. The maximum absolute atomic E-state index is 17.0. The van der Waals surface area contributed by atoms with Crippen molar-refractivity contribution >= 4 is 46.2 Å². The van der Waals surface area contributed by atoms with Gasteiger partial charge in [0.1, 0.15) is 34.3 Å². The quantitative estimate of drug-likeness (QED) is 0.156. The average molecular weight is 903 g/mol. The van der Waals surface area contributed by atoms with E-state index >= 15 is 4.39 Å². The van der Waals surface area contributed by atoms with Crippen LogP contribution in [0, 0.1) is 23.7 Å². The van der Waals surface area contributed by atoms with Gasteiger partial charge in [0.05, 0.1) is 35.8 Å². The summed E-state index contributed by atoms with van der Waals surface area (Å²) in [5.41, 5.74) is 1.43. The molecule has 0 saturated carbocycles. The molecule has 3 fully saturated rings. The van der Waals surface area contributed by atoms with E-state index in [4.69, 9.17) is 29.5 Å². The van der Waals surface area contributed by atoms with Gasteiger partial charge in [0.2, 0.25) is 5.91 Å². The normalized spacial score (nSPS) is 37.6. The largest absolute Gasteiger partial charge is 0.457 e. The number of aliphatic hydroxyl groups excluding tert-OH is 1. The Morgan fingerprint density at radius 3 is 2.48 bits per heavy atom. The number of likely N-dealkylation sites (N-methyl/N-ethyl adjacent to an activating group) is 1. The highest BCUT2D eigenvalue weighted by atomic mass is 32.1. The predicted molar refractivity (Wildman–Crippen MR) is 237 cm³/mol. The van der Waals surface area contributed by atoms with Crippen molar-refractivity contribution in [1.82, 2.24) is 14.9 Å². The maximum Gasteiger partial charge on any atom is 0.351 e. The monoisotopic (exact) mass is 902 g/mol. The van der Waals surface area contributed by atoms with Gasteiger partial charge in [0, 0.05) is 35.4 Å². The molecule has 16 nitrogen and oxygen atoms in total. The van der Waals surface area contributed by atoms with Crippen molar-refractivity contribution in [2.45, 2.75) is 161 Å². The summed E-state index contributed by atoms with van der Waals surface area (Å²) in [6.07, 6.45) is -4.40. The molecule has 0 spiro atoms. The van der Waals surface area contributed by atoms with E-state index < -0.39 is 82.9 Å². The lowest BCUT2D eigenvalue weighted by Gasteiger charge is -2.48. The van der Waals surface area contributed by atoms with Gasteiger partial charge in [-0.1, -0.05) is 45.8 Å². The Morgan fingerprint density at radius 2 is 1.83 bits per heavy atom. The second-order valence-electron chi connectivity index (χ2n) is 18.3. The fraction of sp³-hybridized carbons (Fsp3) is 0.711. The van der Waals surface area contributed by atoms with Gasteiger partial charge in [-0.2, -0.15) is 0 Å². The number of pyridine rings is 1. The summed E-state index contributed by atoms with van der Waals surface area (Å²) in [5, 5.41) is 31.3. The molecule has 5 heterocycles. The van der Waals surface area contributed by atoms with E-state index in [0.29, 0.717) is 40.1 Å². The third-order valence-electron chi connectivity index (χ3n) is 13.0. The van der Waals surface area contributed by atoms with Crippen LogP contribution in [0.5, 0.6) is 0 Å². The van der Waals surface area contributed by atoms with E-state index in [1.54, 1.807) is 32.9 Å². The number of hydrogen-bond acceptors (Lipinski definition) is 16. The molecule has 1 amide bonds. The summed E-state index contributed by atoms with van der Waals surface area (Å²) in [4.78, 5) is 63.1. The van der Waals surface area contributed by atoms with Gasteiger partial charge in [-0.3, -0.25) is 9.59 Å². The van der Waals surface area contributed by atoms with Crippen molar-refractivity contribution in [3.8, 4) is 10.7 Å². The Balaban J connectivity index is 1.67. The number of alkyl halides is 1. The first kappa shape index (κ1) is 50.2. The fourth-order valence-electron chi connectivity index (χ4n) is 9.42. The number of cyclic esters (lactones) is 1. The number of nitrogens with zero attached hydrogens (tertiary/aromatic N) is 5. The third-order valence-corrected chi connectivity index (χ3v) is 13.9. The highest BCUT2D eigenvalue weighted by Crippen LogP contribution is 2.43. The number of nitrogen functional groups attached to an aromatic ring is 1. The minimum Gasteiger partial charge on any atom is -0.457 e. The zero-order chi connectivity index (χ0) is 46.6. The van der Waals surface area contributed by atoms with Crippen LogP contribution in [0.4, 0.5) is 10.2 Å². The highest BCUT2D eigenvalue weighted by Gasteiger charge is 2.56. The van der Waals surface area contributed by atoms with Crippen molar-refractivity contribution in [1.29, 1.82) is 0 Å². The number of carbonyl (C=O) groups is 3. The standard InChI is InChI=1S/C45H67FN6O10S/c1-12-33-45(9,57)30-18-17-28(51-59-22-29-23-63-40(48-29)31-15-14-16-34(47)49-31)21-58-43(7,20-24(3)36(26(30)5)50-35(53)13-2)39(27(6)38(55)44(8,46)42(56)61-33)62-41-37(54)32(52(10)11)19-25(4)60-41/h14-16,23-27,30,32-33,37,39,41,54,57H,12-13,17-22H2,1-11H3,(H2,47,49)/b50-36+,51-28+/t24-,25-,26-,27+,30-,32+,33-,37-,39-,41+,43-,44+,45+/m1/s1. The number of ketones is 1. The number of carbonyl (C=O) groups excluding carboxylic acids is 3. The van der Waals surface area contributed by atoms with Gasteiger partial charge in [-0.15, -0.1) is 11.3 Å². The predicted octanol–water partition coefficient (Wildman–Crippen LogP) is 5.72. The molecule has 5 rings (SSSR count). The van der Waals surface area contributed by atoms with E-state index in [0.717, 1.165) is 6.92 Å². The molecule has 0 radical (unpaired) electrons. The van der Waals surface area contributed by atoms with Gasteiger partial charge in [-0.05, 0) is 97.9 Å². The van der Waals surface area contributed by atoms with Crippen LogP contribution in [-0.2, 0) is 44.8 Å². The van der Waals surface area contributed by atoms with Crippen molar-refractivity contribution in [3.63, 3.8) is 0 Å². The Bertz CT molecular complexity index is 1990. The van der Waals surface area contributed by atoms with Crippen molar-refractivity contribution in [2.75, 3.05) is 26.4 Å². The lowest BCUT2D eigenvalue weighted by atomic mass is 9.68. The first-order valence-corrected chi connectivity index (χ1v) is 22.8. The Hall–Kier alpha value is -3.78. The van der Waals surface area contributed by atoms with Crippen molar-refractivity contribution < 1.29 is 52.8 Å². The number of aromatic nitrogens is 2. The lowest BCUT2D eigenvalue weighted by molar-refractivity contribution is -0.296. The molecule has 0 aliphatic carbocycles. The first-order chi connectivity index (χ1) is 29.5. The second kappa shape index (κ2) is 20.6. The number of esters is 1. The Morgan fingerprint density at radius 1 is 1.11 bits per heavy atom. The second-order valence-corrected chi connectivity index (χ2v) is 19.1. The van der Waals surface area contributed by atoms with Crippen molar-refractivity contribution in [2.24, 2.45) is 33.8 Å². The maximum atomic E-state index is 17.0. The molecule has 4 N–H and O–H groups in total. The molecule has 2 bridgehead atoms. The smallest absolute Gasteiger partial charge is 0.351 e. The summed E-state index contributed by atoms with van der Waals surface area (Å²) in [7, 11) is 3.65. The summed E-state index contributed by atoms with van der Waals surface area (Å²) in [6, 6.07) is 4.90. The van der Waals surface area contributed by atoms with Crippen LogP contribution in [0.15, 0.2) is 33.7 Å². The molecule has 2 aromatic rings. The topological polar surface area (TPSA) is 218 Å². The molecule has 350 valence electrons. The summed E-state index contributed by atoms with van der Waals surface area (Å²) >= 11 is 1.38. The van der Waals surface area contributed by atoms with E-state index in [-0.39, 0.29) is 57.3 Å². The minimum atomic E-state index is -3.19. The third kappa shape index (κ3) is 11.4. The highest BCUT2D eigenvalue weighted by molar-refractivity contribution is 7.13. The van der Waals surface area contributed by atoms with Crippen LogP contribution >= 0.6 is 11.3 Å². The number of aliphatic hydroxyl groups is 2. The molecule has 2 aromatic heterocycles. The van der Waals surface area contributed by atoms with Gasteiger partial charge in [0.15, 0.2) is 18.7 Å². The molecule has 63 heavy (non-hydrogen) atoms. The molecule has 3 saturated heterocycles. The lowest BCUT2D eigenvalue weighted by Crippen LogP contribution is -2.61. The number of rotatable bonds is 9. The number of amides is 1. The van der Waals surface area contributed by atoms with Crippen LogP contribution < -0.4 is 5.73 Å². The molecule has 3 aliphatic rings. The summed E-state index contributed by atoms with van der Waals surface area (Å²) in [6.45, 7) is 14.3. The van der Waals surface area contributed by atoms with Crippen LogP contribution in [-0.4, -0.2) is 128 Å². The molecule has 0 unspecified atom stereocenters. The van der Waals surface area contributed by atoms with Crippen LogP contribution in [0.1, 0.15) is 107 Å². The van der Waals surface area contributed by atoms with E-state index in [9.17, 15) is 24.6 Å². The first-order valence-electron chi connectivity index (χ1n) is 22.0. The average Bonchev–Trinajstić information content (AvgIpc) is 3.70. The van der Waals surface area contributed by atoms with Crippen LogP contribution in [0.2, 0.25) is 0 Å². The molecule has 18 heteroatoms. The minimum absolute atomic E-state index is 0.00749. The number of anilines is 1. The fourth-order valence-corrected chi connectivity index (χ4v) is 10.2. The molecule has 3 aliphatic heterocycles. The molecule has 13 atom stereocenters. The number of halogens is 1. The van der Waals surface area contributed by atoms with Gasteiger partial charge < -0.3 is 44.6 Å². The van der Waals surface area contributed by atoms with Crippen LogP contribution in [0.25, 0.3) is 10.7 Å². The number of aliphatic imine (C=N–C) groups is 1. The number of fused-ring (bicyclic) bond motifs is 5. The van der Waals surface area contributed by atoms with Crippen LogP contribution in [0.3, 0.4) is 0 Å². The SMILES string of the molecule is CCC(=O)/N=C1\[C@H](C)C[C@@]2(C)OC/C(=N/OCc3csc(-c4cccc(N)n4)n3)CC[C@H]([C@H]1C)[C@](C)(O)[C@@H](CC)OC(=O)[C@@](C)(F)C(=O)[C@H](C)[C@H]2O[C@@H]1O[C@H](C)C[C@H](N(C)C)[C@H]1O. The van der Waals surface area contributed by atoms with E-state index in [1.807, 2.05) is 51.2 Å². The van der Waals surface area contributed by atoms with Gasteiger partial charge in [0.25, 0.3) is 5.67 Å². The number of oxime groups is 1. The number of Topliss-reactive ketones (excluding diaryl/α,β-unsaturated/α-hetero) is 1. The molecular formula is C45H67FN6O10S. The molecular weight excluding hydrogens is 836 g/mol. The van der Waals surface area contributed by atoms with Crippen molar-refractivity contribution in [3.05, 3.63) is 29.3 Å². The van der Waals surface area contributed by atoms with Gasteiger partial charge in [-0.25, -0.2) is 24.1 Å². The van der Waals surface area contributed by atoms with E-state index in [1.165, 1.54) is 25.2 Å². The molecule has 0 aromatic carbocycles. The number of nitrogens with two attached hydrogens (primary N) is 1.